The van der Waals surface area contributed by atoms with E-state index < -0.39 is 0 Å². The molecule has 0 aromatic heterocycles. The first-order valence-electron chi connectivity index (χ1n) is 6.68. The van der Waals surface area contributed by atoms with Crippen LogP contribution in [0, 0.1) is 0 Å². The van der Waals surface area contributed by atoms with Crippen LogP contribution in [-0.4, -0.2) is 12.0 Å². The number of hydrogen-bond donors (Lipinski definition) is 0. The van der Waals surface area contributed by atoms with Crippen molar-refractivity contribution in [1.82, 2.24) is 0 Å². The number of rotatable bonds is 5. The Morgan fingerprint density at radius 2 is 1.90 bits per heavy atom. The molecule has 0 saturated heterocycles. The standard InChI is InChI=1S/C18H18OS/c1-3-14-5-4-6-16(13-14)18(19)12-9-15-7-10-17(20-2)11-8-15/h4-13H,3H2,1-2H3/b12-9+. The molecule has 2 aromatic rings. The van der Waals surface area contributed by atoms with E-state index in [2.05, 4.69) is 25.3 Å². The van der Waals surface area contributed by atoms with Gasteiger partial charge in [0, 0.05) is 10.5 Å². The molecule has 0 atom stereocenters. The van der Waals surface area contributed by atoms with E-state index in [-0.39, 0.29) is 5.78 Å². The van der Waals surface area contributed by atoms with Crippen LogP contribution in [0.5, 0.6) is 0 Å². The Hall–Kier alpha value is -1.80. The average molecular weight is 282 g/mol. The highest BCUT2D eigenvalue weighted by molar-refractivity contribution is 7.98. The first-order chi connectivity index (χ1) is 9.72. The molecule has 0 saturated carbocycles. The molecule has 0 amide bonds. The molecule has 0 bridgehead atoms. The third-order valence-electron chi connectivity index (χ3n) is 3.16. The lowest BCUT2D eigenvalue weighted by atomic mass is 10.0. The van der Waals surface area contributed by atoms with E-state index in [0.29, 0.717) is 0 Å². The van der Waals surface area contributed by atoms with E-state index in [0.717, 1.165) is 17.5 Å². The number of allylic oxidation sites excluding steroid dienone is 1. The molecule has 2 rings (SSSR count). The van der Waals surface area contributed by atoms with Gasteiger partial charge in [-0.1, -0.05) is 43.3 Å². The molecule has 20 heavy (non-hydrogen) atoms. The molecule has 0 N–H and O–H groups in total. The summed E-state index contributed by atoms with van der Waals surface area (Å²) in [7, 11) is 0. The highest BCUT2D eigenvalue weighted by Crippen LogP contribution is 2.16. The second-order valence-corrected chi connectivity index (χ2v) is 5.40. The minimum atomic E-state index is 0.0502. The van der Waals surface area contributed by atoms with Crippen molar-refractivity contribution in [2.75, 3.05) is 6.26 Å². The van der Waals surface area contributed by atoms with Gasteiger partial charge in [0.2, 0.25) is 0 Å². The van der Waals surface area contributed by atoms with Gasteiger partial charge in [-0.3, -0.25) is 4.79 Å². The van der Waals surface area contributed by atoms with Gasteiger partial charge in [0.05, 0.1) is 0 Å². The number of hydrogen-bond acceptors (Lipinski definition) is 2. The quantitative estimate of drug-likeness (QED) is 0.442. The Labute approximate surface area is 124 Å². The Kier molecular flexibility index (Phi) is 5.19. The Morgan fingerprint density at radius 3 is 2.55 bits per heavy atom. The predicted molar refractivity (Wildman–Crippen MR) is 87.4 cm³/mol. The summed E-state index contributed by atoms with van der Waals surface area (Å²) >= 11 is 1.71. The summed E-state index contributed by atoms with van der Waals surface area (Å²) in [4.78, 5) is 13.3. The first kappa shape index (κ1) is 14.6. The Morgan fingerprint density at radius 1 is 1.15 bits per heavy atom. The summed E-state index contributed by atoms with van der Waals surface area (Å²) in [5.41, 5.74) is 2.98. The second-order valence-electron chi connectivity index (χ2n) is 4.52. The number of aryl methyl sites for hydroxylation is 1. The van der Waals surface area contributed by atoms with Gasteiger partial charge in [0.15, 0.2) is 5.78 Å². The largest absolute Gasteiger partial charge is 0.289 e. The fraction of sp³-hybridized carbons (Fsp3) is 0.167. The van der Waals surface area contributed by atoms with E-state index in [1.54, 1.807) is 17.8 Å². The molecule has 0 aliphatic heterocycles. The fourth-order valence-electron chi connectivity index (χ4n) is 1.93. The van der Waals surface area contributed by atoms with Crippen molar-refractivity contribution in [2.45, 2.75) is 18.2 Å². The average Bonchev–Trinajstić information content (AvgIpc) is 2.53. The molecule has 0 heterocycles. The van der Waals surface area contributed by atoms with Crippen molar-refractivity contribution >= 4 is 23.6 Å². The van der Waals surface area contributed by atoms with Crippen LogP contribution >= 0.6 is 11.8 Å². The molecule has 2 heteroatoms. The van der Waals surface area contributed by atoms with Crippen LogP contribution < -0.4 is 0 Å². The van der Waals surface area contributed by atoms with Crippen molar-refractivity contribution in [3.8, 4) is 0 Å². The van der Waals surface area contributed by atoms with Crippen LogP contribution in [0.2, 0.25) is 0 Å². The van der Waals surface area contributed by atoms with Crippen molar-refractivity contribution in [3.63, 3.8) is 0 Å². The molecule has 0 radical (unpaired) electrons. The molecule has 0 aliphatic carbocycles. The molecular weight excluding hydrogens is 264 g/mol. The van der Waals surface area contributed by atoms with E-state index in [1.165, 1.54) is 10.5 Å². The van der Waals surface area contributed by atoms with Gasteiger partial charge in [-0.2, -0.15) is 0 Å². The van der Waals surface area contributed by atoms with Crippen molar-refractivity contribution in [3.05, 3.63) is 71.3 Å². The molecule has 0 fully saturated rings. The maximum absolute atomic E-state index is 12.1. The van der Waals surface area contributed by atoms with Crippen LogP contribution in [0.3, 0.4) is 0 Å². The predicted octanol–water partition coefficient (Wildman–Crippen LogP) is 4.87. The molecule has 0 unspecified atom stereocenters. The molecular formula is C18H18OS. The maximum atomic E-state index is 12.1. The smallest absolute Gasteiger partial charge is 0.185 e. The minimum absolute atomic E-state index is 0.0502. The normalized spacial score (nSPS) is 10.9. The van der Waals surface area contributed by atoms with E-state index in [9.17, 15) is 4.79 Å². The number of ketones is 1. The molecule has 0 spiro atoms. The van der Waals surface area contributed by atoms with Crippen LogP contribution in [0.25, 0.3) is 6.08 Å². The molecule has 0 aliphatic rings. The SMILES string of the molecule is CCc1cccc(C(=O)/C=C/c2ccc(SC)cc2)c1. The van der Waals surface area contributed by atoms with E-state index in [4.69, 9.17) is 0 Å². The zero-order chi connectivity index (χ0) is 14.4. The molecule has 2 aromatic carbocycles. The van der Waals surface area contributed by atoms with E-state index in [1.807, 2.05) is 42.5 Å². The molecule has 1 nitrogen and oxygen atoms in total. The topological polar surface area (TPSA) is 17.1 Å². The first-order valence-corrected chi connectivity index (χ1v) is 7.91. The van der Waals surface area contributed by atoms with Gasteiger partial charge in [-0.05, 0) is 48.1 Å². The lowest BCUT2D eigenvalue weighted by molar-refractivity contribution is 0.104. The summed E-state index contributed by atoms with van der Waals surface area (Å²) in [6.07, 6.45) is 6.50. The third-order valence-corrected chi connectivity index (χ3v) is 3.91. The van der Waals surface area contributed by atoms with Gasteiger partial charge >= 0.3 is 0 Å². The van der Waals surface area contributed by atoms with Crippen LogP contribution in [0.4, 0.5) is 0 Å². The number of carbonyl (C=O) groups is 1. The Balaban J connectivity index is 2.11. The minimum Gasteiger partial charge on any atom is -0.289 e. The number of benzene rings is 2. The maximum Gasteiger partial charge on any atom is 0.185 e. The van der Waals surface area contributed by atoms with E-state index >= 15 is 0 Å². The summed E-state index contributed by atoms with van der Waals surface area (Å²) in [5, 5.41) is 0. The zero-order valence-corrected chi connectivity index (χ0v) is 12.6. The zero-order valence-electron chi connectivity index (χ0n) is 11.8. The van der Waals surface area contributed by atoms with Crippen molar-refractivity contribution < 1.29 is 4.79 Å². The number of thioether (sulfide) groups is 1. The van der Waals surface area contributed by atoms with Gasteiger partial charge < -0.3 is 0 Å². The fourth-order valence-corrected chi connectivity index (χ4v) is 2.34. The lowest BCUT2D eigenvalue weighted by Crippen LogP contribution is -1.95. The molecule has 102 valence electrons. The summed E-state index contributed by atoms with van der Waals surface area (Å²) < 4.78 is 0. The highest BCUT2D eigenvalue weighted by atomic mass is 32.2. The summed E-state index contributed by atoms with van der Waals surface area (Å²) in [6.45, 7) is 2.09. The van der Waals surface area contributed by atoms with Gasteiger partial charge in [0.25, 0.3) is 0 Å². The van der Waals surface area contributed by atoms with Gasteiger partial charge in [0.1, 0.15) is 0 Å². The van der Waals surface area contributed by atoms with Crippen molar-refractivity contribution in [2.24, 2.45) is 0 Å². The Bertz CT molecular complexity index is 612. The van der Waals surface area contributed by atoms with Crippen LogP contribution in [0.15, 0.2) is 59.5 Å². The van der Waals surface area contributed by atoms with Crippen molar-refractivity contribution in [1.29, 1.82) is 0 Å². The third kappa shape index (κ3) is 3.84. The lowest BCUT2D eigenvalue weighted by Gasteiger charge is -2.00. The highest BCUT2D eigenvalue weighted by Gasteiger charge is 2.02. The second kappa shape index (κ2) is 7.11. The number of carbonyl (C=O) groups excluding carboxylic acids is 1. The van der Waals surface area contributed by atoms with Gasteiger partial charge in [-0.15, -0.1) is 11.8 Å². The summed E-state index contributed by atoms with van der Waals surface area (Å²) in [5.74, 6) is 0.0502. The van der Waals surface area contributed by atoms with Crippen LogP contribution in [-0.2, 0) is 6.42 Å². The summed E-state index contributed by atoms with van der Waals surface area (Å²) in [6, 6.07) is 16.0. The van der Waals surface area contributed by atoms with Gasteiger partial charge in [-0.25, -0.2) is 0 Å². The van der Waals surface area contributed by atoms with Crippen LogP contribution in [0.1, 0.15) is 28.4 Å². The monoisotopic (exact) mass is 282 g/mol.